The minimum absolute atomic E-state index is 0.0137. The fraction of sp³-hybridized carbons (Fsp3) is 0.542. The molecule has 2 amide bonds. The van der Waals surface area contributed by atoms with Crippen LogP contribution < -0.4 is 0 Å². The molecule has 0 spiro atoms. The maximum atomic E-state index is 13.1. The molecule has 0 N–H and O–H groups in total. The van der Waals surface area contributed by atoms with E-state index < -0.39 is 5.60 Å². The highest BCUT2D eigenvalue weighted by Gasteiger charge is 2.30. The van der Waals surface area contributed by atoms with Gasteiger partial charge in [-0.1, -0.05) is 18.2 Å². The molecule has 0 bridgehead atoms. The summed E-state index contributed by atoms with van der Waals surface area (Å²) in [5, 5.41) is 4.35. The number of amides is 2. The van der Waals surface area contributed by atoms with Gasteiger partial charge in [0.1, 0.15) is 5.60 Å². The highest BCUT2D eigenvalue weighted by Crippen LogP contribution is 2.22. The van der Waals surface area contributed by atoms with E-state index in [9.17, 15) is 9.59 Å². The predicted octanol–water partition coefficient (Wildman–Crippen LogP) is 4.37. The number of benzene rings is 1. The van der Waals surface area contributed by atoms with Crippen molar-refractivity contribution in [2.24, 2.45) is 5.92 Å². The summed E-state index contributed by atoms with van der Waals surface area (Å²) < 4.78 is 7.31. The lowest BCUT2D eigenvalue weighted by Gasteiger charge is -2.37. The minimum atomic E-state index is -0.530. The highest BCUT2D eigenvalue weighted by molar-refractivity contribution is 5.93. The number of hydrogen-bond acceptors (Lipinski definition) is 4. The predicted molar refractivity (Wildman–Crippen MR) is 120 cm³/mol. The monoisotopic (exact) mass is 426 g/mol. The molecule has 1 atom stereocenters. The third kappa shape index (κ3) is 6.09. The Morgan fingerprint density at radius 3 is 2.58 bits per heavy atom. The van der Waals surface area contributed by atoms with Gasteiger partial charge in [0.2, 0.25) is 0 Å². The Hall–Kier alpha value is -2.83. The molecular weight excluding hydrogens is 392 g/mol. The summed E-state index contributed by atoms with van der Waals surface area (Å²) in [5.41, 5.74) is 0.970. The van der Waals surface area contributed by atoms with E-state index in [2.05, 4.69) is 5.10 Å². The molecule has 3 rings (SSSR count). The summed E-state index contributed by atoms with van der Waals surface area (Å²) in [6, 6.07) is 9.78. The lowest BCUT2D eigenvalue weighted by molar-refractivity contribution is 0.0124. The average Bonchev–Trinajstić information content (AvgIpc) is 3.21. The van der Waals surface area contributed by atoms with Crippen LogP contribution in [0.2, 0.25) is 0 Å². The van der Waals surface area contributed by atoms with Gasteiger partial charge in [-0.3, -0.25) is 4.79 Å². The lowest BCUT2D eigenvalue weighted by atomic mass is 9.96. The van der Waals surface area contributed by atoms with E-state index in [-0.39, 0.29) is 24.0 Å². The van der Waals surface area contributed by atoms with E-state index in [0.29, 0.717) is 18.7 Å². The summed E-state index contributed by atoms with van der Waals surface area (Å²) >= 11 is 0. The van der Waals surface area contributed by atoms with Crippen LogP contribution in [0.15, 0.2) is 42.7 Å². The Morgan fingerprint density at radius 2 is 1.94 bits per heavy atom. The van der Waals surface area contributed by atoms with Crippen LogP contribution >= 0.6 is 0 Å². The molecule has 0 aliphatic carbocycles. The molecule has 7 nitrogen and oxygen atoms in total. The van der Waals surface area contributed by atoms with Crippen molar-refractivity contribution >= 4 is 12.0 Å². The minimum Gasteiger partial charge on any atom is -0.444 e. The van der Waals surface area contributed by atoms with Crippen LogP contribution in [0.5, 0.6) is 0 Å². The maximum Gasteiger partial charge on any atom is 0.410 e. The van der Waals surface area contributed by atoms with Gasteiger partial charge in [0.25, 0.3) is 5.91 Å². The molecule has 2 heterocycles. The van der Waals surface area contributed by atoms with E-state index in [1.807, 2.05) is 69.9 Å². The number of ether oxygens (including phenoxy) is 1. The van der Waals surface area contributed by atoms with Gasteiger partial charge in [0.15, 0.2) is 0 Å². The molecule has 2 aromatic rings. The standard InChI is InChI=1S/C24H34N4O3/c1-18(2)27(23(30)31-24(3,4)5)16-19-10-9-13-26(15-19)22(29)20-14-25-28(17-20)21-11-7-6-8-12-21/h6-8,11-12,14,17-19H,9-10,13,15-16H2,1-5H3. The van der Waals surface area contributed by atoms with Gasteiger partial charge in [-0.15, -0.1) is 0 Å². The number of aromatic nitrogens is 2. The van der Waals surface area contributed by atoms with Gasteiger partial charge in [0, 0.05) is 31.9 Å². The van der Waals surface area contributed by atoms with Gasteiger partial charge in [0.05, 0.1) is 17.4 Å². The van der Waals surface area contributed by atoms with Crippen LogP contribution in [-0.4, -0.2) is 62.9 Å². The second-order valence-corrected chi connectivity index (χ2v) is 9.50. The fourth-order valence-electron chi connectivity index (χ4n) is 3.83. The van der Waals surface area contributed by atoms with Crippen molar-refractivity contribution in [2.45, 2.75) is 59.1 Å². The first-order chi connectivity index (χ1) is 14.6. The first kappa shape index (κ1) is 22.8. The smallest absolute Gasteiger partial charge is 0.410 e. The van der Waals surface area contributed by atoms with Crippen molar-refractivity contribution < 1.29 is 14.3 Å². The second-order valence-electron chi connectivity index (χ2n) is 9.50. The third-order valence-corrected chi connectivity index (χ3v) is 5.36. The largest absolute Gasteiger partial charge is 0.444 e. The third-order valence-electron chi connectivity index (χ3n) is 5.36. The van der Waals surface area contributed by atoms with Crippen LogP contribution in [0.1, 0.15) is 57.8 Å². The lowest BCUT2D eigenvalue weighted by Crippen LogP contribution is -2.48. The van der Waals surface area contributed by atoms with Crippen LogP contribution in [-0.2, 0) is 4.74 Å². The number of rotatable bonds is 5. The molecule has 1 saturated heterocycles. The van der Waals surface area contributed by atoms with Gasteiger partial charge >= 0.3 is 6.09 Å². The molecule has 0 saturated carbocycles. The summed E-state index contributed by atoms with van der Waals surface area (Å²) in [6.45, 7) is 11.5. The van der Waals surface area contributed by atoms with Crippen LogP contribution in [0.4, 0.5) is 4.79 Å². The zero-order valence-electron chi connectivity index (χ0n) is 19.2. The van der Waals surface area contributed by atoms with Gasteiger partial charge in [-0.05, 0) is 65.5 Å². The zero-order chi connectivity index (χ0) is 22.6. The average molecular weight is 427 g/mol. The summed E-state index contributed by atoms with van der Waals surface area (Å²) in [5.74, 6) is 0.206. The Labute approximate surface area is 185 Å². The number of para-hydroxylation sites is 1. The Bertz CT molecular complexity index is 886. The number of nitrogens with zero attached hydrogens (tertiary/aromatic N) is 4. The zero-order valence-corrected chi connectivity index (χ0v) is 19.2. The molecule has 168 valence electrons. The molecule has 1 aliphatic rings. The normalized spacial score (nSPS) is 17.0. The van der Waals surface area contributed by atoms with E-state index in [4.69, 9.17) is 4.74 Å². The van der Waals surface area contributed by atoms with Crippen LogP contribution in [0.25, 0.3) is 5.69 Å². The number of hydrogen-bond donors (Lipinski definition) is 0. The SMILES string of the molecule is CC(C)N(CC1CCCN(C(=O)c2cnn(-c3ccccc3)c2)C1)C(=O)OC(C)(C)C. The Balaban J connectivity index is 1.65. The quantitative estimate of drug-likeness (QED) is 0.712. The molecule has 31 heavy (non-hydrogen) atoms. The molecule has 7 heteroatoms. The summed E-state index contributed by atoms with van der Waals surface area (Å²) in [6.07, 6.45) is 5.01. The second kappa shape index (κ2) is 9.54. The van der Waals surface area contributed by atoms with Gasteiger partial charge in [-0.25, -0.2) is 9.48 Å². The molecule has 1 unspecified atom stereocenters. The highest BCUT2D eigenvalue weighted by atomic mass is 16.6. The van der Waals surface area contributed by atoms with Gasteiger partial charge in [-0.2, -0.15) is 5.10 Å². The first-order valence-corrected chi connectivity index (χ1v) is 11.0. The molecular formula is C24H34N4O3. The van der Waals surface area contributed by atoms with E-state index >= 15 is 0 Å². The van der Waals surface area contributed by atoms with E-state index in [0.717, 1.165) is 25.1 Å². The van der Waals surface area contributed by atoms with Crippen molar-refractivity contribution in [1.29, 1.82) is 0 Å². The van der Waals surface area contributed by atoms with Crippen molar-refractivity contribution in [3.8, 4) is 5.69 Å². The number of piperidine rings is 1. The maximum absolute atomic E-state index is 13.1. The number of likely N-dealkylation sites (tertiary alicyclic amines) is 1. The number of carbonyl (C=O) groups is 2. The van der Waals surface area contributed by atoms with Gasteiger partial charge < -0.3 is 14.5 Å². The van der Waals surface area contributed by atoms with Crippen molar-refractivity contribution in [2.75, 3.05) is 19.6 Å². The van der Waals surface area contributed by atoms with Crippen molar-refractivity contribution in [1.82, 2.24) is 19.6 Å². The Kier molecular flexibility index (Phi) is 7.03. The number of carbonyl (C=O) groups excluding carboxylic acids is 2. The van der Waals surface area contributed by atoms with Crippen molar-refractivity contribution in [3.63, 3.8) is 0 Å². The molecule has 1 aromatic heterocycles. The van der Waals surface area contributed by atoms with Crippen LogP contribution in [0.3, 0.4) is 0 Å². The van der Waals surface area contributed by atoms with E-state index in [1.165, 1.54) is 0 Å². The summed E-state index contributed by atoms with van der Waals surface area (Å²) in [7, 11) is 0. The van der Waals surface area contributed by atoms with Crippen molar-refractivity contribution in [3.05, 3.63) is 48.3 Å². The molecule has 1 aliphatic heterocycles. The molecule has 1 aromatic carbocycles. The molecule has 1 fully saturated rings. The fourth-order valence-corrected chi connectivity index (χ4v) is 3.83. The Morgan fingerprint density at radius 1 is 1.23 bits per heavy atom. The van der Waals surface area contributed by atoms with Crippen LogP contribution in [0, 0.1) is 5.92 Å². The molecule has 0 radical (unpaired) electrons. The first-order valence-electron chi connectivity index (χ1n) is 11.0. The summed E-state index contributed by atoms with van der Waals surface area (Å²) in [4.78, 5) is 29.4. The van der Waals surface area contributed by atoms with E-state index in [1.54, 1.807) is 22.0 Å². The topological polar surface area (TPSA) is 67.7 Å².